The summed E-state index contributed by atoms with van der Waals surface area (Å²) in [6, 6.07) is 4.12. The van der Waals surface area contributed by atoms with E-state index in [1.165, 1.54) is 5.56 Å². The molecule has 0 bridgehead atoms. The summed E-state index contributed by atoms with van der Waals surface area (Å²) in [7, 11) is 1.74. The minimum atomic E-state index is 0.516. The van der Waals surface area contributed by atoms with Crippen LogP contribution in [0.15, 0.2) is 18.3 Å². The number of ether oxygens (including phenoxy) is 1. The van der Waals surface area contributed by atoms with Crippen LogP contribution in [0.4, 0.5) is 0 Å². The molecule has 15 heavy (non-hydrogen) atoms. The fourth-order valence-corrected chi connectivity index (χ4v) is 2.11. The Morgan fingerprint density at radius 2 is 2.40 bits per heavy atom. The maximum atomic E-state index is 5.53. The van der Waals surface area contributed by atoms with Gasteiger partial charge in [-0.15, -0.1) is 0 Å². The number of pyridine rings is 1. The topological polar surface area (TPSA) is 48.1 Å². The standard InChI is InChI=1S/C11H18N2OS/c1-14-5-2-6-15-9-10-3-4-13-11(7-10)8-12/h3-4,7H,2,5-6,8-9,12H2,1H3. The average Bonchev–Trinajstić information content (AvgIpc) is 2.29. The summed E-state index contributed by atoms with van der Waals surface area (Å²) < 4.78 is 4.99. The summed E-state index contributed by atoms with van der Waals surface area (Å²) >= 11 is 1.92. The van der Waals surface area contributed by atoms with Gasteiger partial charge in [-0.2, -0.15) is 11.8 Å². The van der Waals surface area contributed by atoms with Crippen LogP contribution in [0.2, 0.25) is 0 Å². The predicted molar refractivity (Wildman–Crippen MR) is 64.8 cm³/mol. The first kappa shape index (κ1) is 12.5. The monoisotopic (exact) mass is 226 g/mol. The van der Waals surface area contributed by atoms with Crippen molar-refractivity contribution in [3.05, 3.63) is 29.6 Å². The van der Waals surface area contributed by atoms with Gasteiger partial charge in [0.05, 0.1) is 5.69 Å². The molecule has 0 amide bonds. The van der Waals surface area contributed by atoms with Crippen molar-refractivity contribution in [2.24, 2.45) is 5.73 Å². The highest BCUT2D eigenvalue weighted by atomic mass is 32.2. The van der Waals surface area contributed by atoms with Crippen LogP contribution in [-0.2, 0) is 17.0 Å². The summed E-state index contributed by atoms with van der Waals surface area (Å²) in [5, 5.41) is 0. The van der Waals surface area contributed by atoms with E-state index >= 15 is 0 Å². The van der Waals surface area contributed by atoms with Gasteiger partial charge in [0.2, 0.25) is 0 Å². The third kappa shape index (κ3) is 5.16. The Morgan fingerprint density at radius 3 is 3.13 bits per heavy atom. The van der Waals surface area contributed by atoms with Gasteiger partial charge < -0.3 is 10.5 Å². The van der Waals surface area contributed by atoms with E-state index in [4.69, 9.17) is 10.5 Å². The Labute approximate surface area is 95.4 Å². The third-order valence-corrected chi connectivity index (χ3v) is 3.11. The van der Waals surface area contributed by atoms with E-state index in [0.717, 1.165) is 30.2 Å². The van der Waals surface area contributed by atoms with Crippen LogP contribution in [0.5, 0.6) is 0 Å². The normalized spacial score (nSPS) is 10.5. The summed E-state index contributed by atoms with van der Waals surface area (Å²) in [5.41, 5.74) is 7.79. The van der Waals surface area contributed by atoms with Crippen molar-refractivity contribution < 1.29 is 4.74 Å². The number of rotatable bonds is 7. The molecule has 1 aromatic rings. The van der Waals surface area contributed by atoms with Gasteiger partial charge in [0.15, 0.2) is 0 Å². The molecule has 0 aliphatic rings. The lowest BCUT2D eigenvalue weighted by atomic mass is 10.2. The van der Waals surface area contributed by atoms with Gasteiger partial charge in [-0.3, -0.25) is 4.98 Å². The van der Waals surface area contributed by atoms with Gasteiger partial charge in [0.25, 0.3) is 0 Å². The second kappa shape index (κ2) is 7.68. The Morgan fingerprint density at radius 1 is 1.53 bits per heavy atom. The van der Waals surface area contributed by atoms with Crippen LogP contribution in [0.3, 0.4) is 0 Å². The molecular weight excluding hydrogens is 208 g/mol. The summed E-state index contributed by atoms with van der Waals surface area (Å²) in [6.07, 6.45) is 2.93. The van der Waals surface area contributed by atoms with Crippen molar-refractivity contribution in [2.75, 3.05) is 19.5 Å². The highest BCUT2D eigenvalue weighted by molar-refractivity contribution is 7.98. The second-order valence-corrected chi connectivity index (χ2v) is 4.36. The molecule has 1 aromatic heterocycles. The first-order valence-electron chi connectivity index (χ1n) is 5.07. The average molecular weight is 226 g/mol. The molecule has 0 fully saturated rings. The van der Waals surface area contributed by atoms with Gasteiger partial charge >= 0.3 is 0 Å². The molecule has 1 heterocycles. The highest BCUT2D eigenvalue weighted by Crippen LogP contribution is 2.13. The Balaban J connectivity index is 2.24. The fourth-order valence-electron chi connectivity index (χ4n) is 1.22. The molecule has 0 atom stereocenters. The molecule has 0 aliphatic carbocycles. The number of hydrogen-bond acceptors (Lipinski definition) is 4. The van der Waals surface area contributed by atoms with E-state index in [0.29, 0.717) is 6.54 Å². The maximum absolute atomic E-state index is 5.53. The minimum Gasteiger partial charge on any atom is -0.385 e. The van der Waals surface area contributed by atoms with Gasteiger partial charge in [0.1, 0.15) is 0 Å². The van der Waals surface area contributed by atoms with Gasteiger partial charge in [-0.1, -0.05) is 0 Å². The largest absolute Gasteiger partial charge is 0.385 e. The molecular formula is C11H18N2OS. The van der Waals surface area contributed by atoms with Gasteiger partial charge in [0, 0.05) is 32.2 Å². The molecule has 84 valence electrons. The van der Waals surface area contributed by atoms with Crippen LogP contribution in [-0.4, -0.2) is 24.5 Å². The lowest BCUT2D eigenvalue weighted by molar-refractivity contribution is 0.200. The van der Waals surface area contributed by atoms with Crippen molar-refractivity contribution in [1.29, 1.82) is 0 Å². The molecule has 0 radical (unpaired) electrons. The third-order valence-electron chi connectivity index (χ3n) is 2.00. The first-order chi connectivity index (χ1) is 7.36. The molecule has 0 saturated carbocycles. The molecule has 2 N–H and O–H groups in total. The zero-order valence-electron chi connectivity index (χ0n) is 9.11. The molecule has 4 heteroatoms. The van der Waals surface area contributed by atoms with E-state index in [-0.39, 0.29) is 0 Å². The molecule has 0 aliphatic heterocycles. The second-order valence-electron chi connectivity index (χ2n) is 3.26. The summed E-state index contributed by atoms with van der Waals surface area (Å²) in [6.45, 7) is 1.36. The van der Waals surface area contributed by atoms with E-state index in [9.17, 15) is 0 Å². The number of aromatic nitrogens is 1. The zero-order chi connectivity index (χ0) is 10.9. The van der Waals surface area contributed by atoms with E-state index in [2.05, 4.69) is 11.1 Å². The highest BCUT2D eigenvalue weighted by Gasteiger charge is 1.96. The summed E-state index contributed by atoms with van der Waals surface area (Å²) in [5.74, 6) is 2.16. The van der Waals surface area contributed by atoms with Crippen molar-refractivity contribution >= 4 is 11.8 Å². The molecule has 3 nitrogen and oxygen atoms in total. The lowest BCUT2D eigenvalue weighted by Crippen LogP contribution is -1.99. The number of nitrogens with zero attached hydrogens (tertiary/aromatic N) is 1. The smallest absolute Gasteiger partial charge is 0.0542 e. The van der Waals surface area contributed by atoms with Gasteiger partial charge in [-0.05, 0) is 29.9 Å². The van der Waals surface area contributed by atoms with E-state index < -0.39 is 0 Å². The van der Waals surface area contributed by atoms with E-state index in [1.807, 2.05) is 24.0 Å². The summed E-state index contributed by atoms with van der Waals surface area (Å²) in [4.78, 5) is 4.16. The Hall–Kier alpha value is -0.580. The van der Waals surface area contributed by atoms with Gasteiger partial charge in [-0.25, -0.2) is 0 Å². The minimum absolute atomic E-state index is 0.516. The fraction of sp³-hybridized carbons (Fsp3) is 0.545. The lowest BCUT2D eigenvalue weighted by Gasteiger charge is -2.03. The quantitative estimate of drug-likeness (QED) is 0.720. The van der Waals surface area contributed by atoms with E-state index in [1.54, 1.807) is 7.11 Å². The maximum Gasteiger partial charge on any atom is 0.0542 e. The zero-order valence-corrected chi connectivity index (χ0v) is 9.93. The Kier molecular flexibility index (Phi) is 6.39. The van der Waals surface area contributed by atoms with Crippen molar-refractivity contribution in [3.8, 4) is 0 Å². The molecule has 0 spiro atoms. The van der Waals surface area contributed by atoms with Crippen molar-refractivity contribution in [3.63, 3.8) is 0 Å². The van der Waals surface area contributed by atoms with Crippen LogP contribution >= 0.6 is 11.8 Å². The van der Waals surface area contributed by atoms with Crippen molar-refractivity contribution in [2.45, 2.75) is 18.7 Å². The number of thioether (sulfide) groups is 1. The molecule has 0 aromatic carbocycles. The number of methoxy groups -OCH3 is 1. The van der Waals surface area contributed by atoms with Crippen LogP contribution in [0.1, 0.15) is 17.7 Å². The van der Waals surface area contributed by atoms with Crippen LogP contribution < -0.4 is 5.73 Å². The SMILES string of the molecule is COCCCSCc1ccnc(CN)c1. The Bertz CT molecular complexity index is 281. The molecule has 1 rings (SSSR count). The molecule has 0 unspecified atom stereocenters. The number of hydrogen-bond donors (Lipinski definition) is 1. The van der Waals surface area contributed by atoms with Crippen LogP contribution in [0.25, 0.3) is 0 Å². The van der Waals surface area contributed by atoms with Crippen molar-refractivity contribution in [1.82, 2.24) is 4.98 Å². The number of nitrogens with two attached hydrogens (primary N) is 1. The van der Waals surface area contributed by atoms with Crippen LogP contribution in [0, 0.1) is 0 Å². The predicted octanol–water partition coefficient (Wildman–Crippen LogP) is 1.81. The first-order valence-corrected chi connectivity index (χ1v) is 6.23. The molecule has 0 saturated heterocycles.